The fourth-order valence-electron chi connectivity index (χ4n) is 4.48. The summed E-state index contributed by atoms with van der Waals surface area (Å²) >= 11 is 0. The molecule has 0 aromatic heterocycles. The zero-order chi connectivity index (χ0) is 15.2. The van der Waals surface area contributed by atoms with Crippen LogP contribution >= 0.6 is 0 Å². The largest absolute Gasteiger partial charge is 0.377 e. The summed E-state index contributed by atoms with van der Waals surface area (Å²) in [4.78, 5) is 26.5. The van der Waals surface area contributed by atoms with Crippen molar-refractivity contribution in [1.29, 1.82) is 0 Å². The first-order valence-electron chi connectivity index (χ1n) is 8.20. The van der Waals surface area contributed by atoms with Gasteiger partial charge in [-0.25, -0.2) is 0 Å². The van der Waals surface area contributed by atoms with Gasteiger partial charge in [-0.2, -0.15) is 0 Å². The summed E-state index contributed by atoms with van der Waals surface area (Å²) in [5.41, 5.74) is -0.0771. The summed E-state index contributed by atoms with van der Waals surface area (Å²) in [6, 6.07) is 0.296. The van der Waals surface area contributed by atoms with Crippen molar-refractivity contribution in [2.75, 3.05) is 13.2 Å². The van der Waals surface area contributed by atoms with Crippen LogP contribution in [-0.2, 0) is 14.3 Å². The lowest BCUT2D eigenvalue weighted by atomic mass is 9.57. The number of hydrogen-bond acceptors (Lipinski definition) is 3. The van der Waals surface area contributed by atoms with Gasteiger partial charge in [0, 0.05) is 36.6 Å². The molecule has 5 nitrogen and oxygen atoms in total. The van der Waals surface area contributed by atoms with E-state index < -0.39 is 5.91 Å². The Labute approximate surface area is 126 Å². The first-order valence-corrected chi connectivity index (χ1v) is 8.20. The molecule has 0 unspecified atom stereocenters. The van der Waals surface area contributed by atoms with E-state index in [1.807, 2.05) is 0 Å². The van der Waals surface area contributed by atoms with E-state index in [-0.39, 0.29) is 29.5 Å². The third kappa shape index (κ3) is 2.26. The molecule has 3 rings (SSSR count). The predicted molar refractivity (Wildman–Crippen MR) is 78.6 cm³/mol. The number of likely N-dealkylation sites (tertiary alicyclic amines) is 1. The quantitative estimate of drug-likeness (QED) is 0.781. The SMILES string of the molecule is CC[C@@H]1CCCN1C(=O)C(=O)N[C@@H]1[C@H]2CCO[C@@H]2C1(C)C. The van der Waals surface area contributed by atoms with Crippen LogP contribution in [0.3, 0.4) is 0 Å². The molecule has 3 aliphatic rings. The van der Waals surface area contributed by atoms with Crippen LogP contribution in [0, 0.1) is 11.3 Å². The van der Waals surface area contributed by atoms with E-state index >= 15 is 0 Å². The molecular weight excluding hydrogens is 268 g/mol. The molecule has 2 heterocycles. The Bertz CT molecular complexity index is 449. The minimum Gasteiger partial charge on any atom is -0.377 e. The maximum absolute atomic E-state index is 12.4. The average molecular weight is 294 g/mol. The standard InChI is InChI=1S/C16H26N2O3/c1-4-10-6-5-8-18(10)15(20)14(19)17-12-11-7-9-21-13(11)16(12,2)3/h10-13H,4-9H2,1-3H3,(H,17,19)/t10-,11-,12-,13+/m1/s1. The van der Waals surface area contributed by atoms with Gasteiger partial charge >= 0.3 is 11.8 Å². The van der Waals surface area contributed by atoms with Crippen LogP contribution in [0.5, 0.6) is 0 Å². The summed E-state index contributed by atoms with van der Waals surface area (Å²) in [7, 11) is 0. The number of carbonyl (C=O) groups excluding carboxylic acids is 2. The van der Waals surface area contributed by atoms with Crippen molar-refractivity contribution < 1.29 is 14.3 Å². The molecule has 3 fully saturated rings. The van der Waals surface area contributed by atoms with Crippen molar-refractivity contribution in [1.82, 2.24) is 10.2 Å². The van der Waals surface area contributed by atoms with Gasteiger partial charge in [0.15, 0.2) is 0 Å². The molecule has 1 aliphatic carbocycles. The average Bonchev–Trinajstić information content (AvgIpc) is 3.10. The van der Waals surface area contributed by atoms with E-state index in [0.29, 0.717) is 12.5 Å². The Morgan fingerprint density at radius 3 is 2.81 bits per heavy atom. The number of ether oxygens (including phenoxy) is 1. The minimum atomic E-state index is -0.432. The van der Waals surface area contributed by atoms with Crippen molar-refractivity contribution >= 4 is 11.8 Å². The van der Waals surface area contributed by atoms with E-state index in [9.17, 15) is 9.59 Å². The summed E-state index contributed by atoms with van der Waals surface area (Å²) in [6.45, 7) is 7.78. The van der Waals surface area contributed by atoms with Crippen LogP contribution in [0.15, 0.2) is 0 Å². The molecule has 0 aromatic rings. The van der Waals surface area contributed by atoms with Crippen LogP contribution in [0.2, 0.25) is 0 Å². The molecular formula is C16H26N2O3. The van der Waals surface area contributed by atoms with E-state index in [1.54, 1.807) is 4.90 Å². The number of amides is 2. The van der Waals surface area contributed by atoms with Crippen molar-refractivity contribution in [3.8, 4) is 0 Å². The second kappa shape index (κ2) is 5.27. The van der Waals surface area contributed by atoms with Gasteiger partial charge in [0.1, 0.15) is 0 Å². The number of carbonyl (C=O) groups is 2. The van der Waals surface area contributed by atoms with Gasteiger partial charge in [0.25, 0.3) is 0 Å². The van der Waals surface area contributed by atoms with E-state index in [4.69, 9.17) is 4.74 Å². The lowest BCUT2D eigenvalue weighted by molar-refractivity contribution is -0.153. The van der Waals surface area contributed by atoms with Crippen LogP contribution < -0.4 is 5.32 Å². The molecule has 0 bridgehead atoms. The Balaban J connectivity index is 1.62. The Hall–Kier alpha value is -1.10. The van der Waals surface area contributed by atoms with Gasteiger partial charge < -0.3 is 15.0 Å². The maximum atomic E-state index is 12.4. The fourth-order valence-corrected chi connectivity index (χ4v) is 4.48. The van der Waals surface area contributed by atoms with Crippen LogP contribution in [-0.4, -0.2) is 48.1 Å². The van der Waals surface area contributed by atoms with Crippen LogP contribution in [0.4, 0.5) is 0 Å². The highest BCUT2D eigenvalue weighted by Gasteiger charge is 2.60. The highest BCUT2D eigenvalue weighted by atomic mass is 16.5. The summed E-state index contributed by atoms with van der Waals surface area (Å²) in [5.74, 6) is -0.409. The summed E-state index contributed by atoms with van der Waals surface area (Å²) in [5, 5.41) is 2.99. The highest BCUT2D eigenvalue weighted by molar-refractivity contribution is 6.35. The van der Waals surface area contributed by atoms with Crippen LogP contribution in [0.25, 0.3) is 0 Å². The van der Waals surface area contributed by atoms with E-state index in [0.717, 1.165) is 32.3 Å². The van der Waals surface area contributed by atoms with Gasteiger partial charge in [0.2, 0.25) is 0 Å². The smallest absolute Gasteiger partial charge is 0.312 e. The monoisotopic (exact) mass is 294 g/mol. The molecule has 21 heavy (non-hydrogen) atoms. The lowest BCUT2D eigenvalue weighted by Crippen LogP contribution is -2.68. The Morgan fingerprint density at radius 1 is 1.33 bits per heavy atom. The lowest BCUT2D eigenvalue weighted by Gasteiger charge is -2.54. The van der Waals surface area contributed by atoms with Gasteiger partial charge in [-0.05, 0) is 25.7 Å². The number of nitrogens with zero attached hydrogens (tertiary/aromatic N) is 1. The predicted octanol–water partition coefficient (Wildman–Crippen LogP) is 1.32. The summed E-state index contributed by atoms with van der Waals surface area (Å²) < 4.78 is 5.73. The molecule has 5 heteroatoms. The number of nitrogens with one attached hydrogen (secondary N) is 1. The van der Waals surface area contributed by atoms with Gasteiger partial charge in [-0.15, -0.1) is 0 Å². The zero-order valence-electron chi connectivity index (χ0n) is 13.2. The van der Waals surface area contributed by atoms with E-state index in [2.05, 4.69) is 26.1 Å². The molecule has 118 valence electrons. The molecule has 2 aliphatic heterocycles. The zero-order valence-corrected chi connectivity index (χ0v) is 13.2. The maximum Gasteiger partial charge on any atom is 0.312 e. The second-order valence-corrected chi connectivity index (χ2v) is 7.22. The molecule has 1 saturated carbocycles. The third-order valence-corrected chi connectivity index (χ3v) is 5.69. The van der Waals surface area contributed by atoms with Gasteiger partial charge in [-0.3, -0.25) is 9.59 Å². The first kappa shape index (κ1) is 14.8. The van der Waals surface area contributed by atoms with Gasteiger partial charge in [-0.1, -0.05) is 20.8 Å². The molecule has 0 radical (unpaired) electrons. The molecule has 2 amide bonds. The van der Waals surface area contributed by atoms with E-state index in [1.165, 1.54) is 0 Å². The number of fused-ring (bicyclic) bond motifs is 1. The topological polar surface area (TPSA) is 58.6 Å². The van der Waals surface area contributed by atoms with Crippen molar-refractivity contribution in [3.63, 3.8) is 0 Å². The Kier molecular flexibility index (Phi) is 3.72. The van der Waals surface area contributed by atoms with Crippen molar-refractivity contribution in [2.45, 2.75) is 64.6 Å². The van der Waals surface area contributed by atoms with Crippen molar-refractivity contribution in [3.05, 3.63) is 0 Å². The van der Waals surface area contributed by atoms with Crippen LogP contribution in [0.1, 0.15) is 46.5 Å². The molecule has 0 spiro atoms. The molecule has 4 atom stereocenters. The molecule has 2 saturated heterocycles. The second-order valence-electron chi connectivity index (χ2n) is 7.22. The number of hydrogen-bond donors (Lipinski definition) is 1. The normalized spacial score (nSPS) is 37.0. The molecule has 1 N–H and O–H groups in total. The first-order chi connectivity index (χ1) is 9.96. The Morgan fingerprint density at radius 2 is 2.10 bits per heavy atom. The van der Waals surface area contributed by atoms with Crippen molar-refractivity contribution in [2.24, 2.45) is 11.3 Å². The summed E-state index contributed by atoms with van der Waals surface area (Å²) in [6.07, 6.45) is 4.16. The minimum absolute atomic E-state index is 0.0594. The third-order valence-electron chi connectivity index (χ3n) is 5.69. The molecule has 0 aromatic carbocycles. The van der Waals surface area contributed by atoms with Gasteiger partial charge in [0.05, 0.1) is 6.10 Å². The highest BCUT2D eigenvalue weighted by Crippen LogP contribution is 2.52. The fraction of sp³-hybridized carbons (Fsp3) is 0.875. The number of rotatable bonds is 2.